The van der Waals surface area contributed by atoms with Crippen LogP contribution in [0, 0.1) is 5.92 Å². The molecule has 0 radical (unpaired) electrons. The zero-order valence-corrected chi connectivity index (χ0v) is 16.5. The van der Waals surface area contributed by atoms with Crippen molar-refractivity contribution < 1.29 is 18.8 Å². The van der Waals surface area contributed by atoms with Crippen LogP contribution in [-0.2, 0) is 17.6 Å². The molecule has 0 aromatic carbocycles. The lowest BCUT2D eigenvalue weighted by Crippen LogP contribution is -2.46. The Bertz CT molecular complexity index is 845. The normalized spacial score (nSPS) is 15.8. The molecule has 2 heterocycles. The van der Waals surface area contributed by atoms with Gasteiger partial charge in [0.1, 0.15) is 0 Å². The van der Waals surface area contributed by atoms with Crippen molar-refractivity contribution in [1.29, 1.82) is 0 Å². The third kappa shape index (κ3) is 4.53. The number of aryl methyl sites for hydroxylation is 1. The van der Waals surface area contributed by atoms with Gasteiger partial charge in [0.25, 0.3) is 17.7 Å². The highest BCUT2D eigenvalue weighted by Crippen LogP contribution is 2.32. The van der Waals surface area contributed by atoms with Gasteiger partial charge in [0.05, 0.1) is 11.4 Å². The van der Waals surface area contributed by atoms with Gasteiger partial charge < -0.3 is 9.73 Å². The fourth-order valence-corrected chi connectivity index (χ4v) is 4.14. The average molecular weight is 440 g/mol. The summed E-state index contributed by atoms with van der Waals surface area (Å²) in [5.41, 5.74) is 5.90. The van der Waals surface area contributed by atoms with Gasteiger partial charge in [-0.1, -0.05) is 6.92 Å². The van der Waals surface area contributed by atoms with Gasteiger partial charge in [-0.05, 0) is 64.9 Å². The molecule has 3 rings (SSSR count). The molecule has 3 amide bonds. The molecule has 2 aromatic heterocycles. The van der Waals surface area contributed by atoms with Crippen LogP contribution in [0.3, 0.4) is 0 Å². The first-order valence-corrected chi connectivity index (χ1v) is 9.77. The molecule has 1 atom stereocenters. The number of nitrogens with one attached hydrogen (secondary N) is 3. The van der Waals surface area contributed by atoms with Crippen LogP contribution in [0.5, 0.6) is 0 Å². The molecule has 0 saturated heterocycles. The van der Waals surface area contributed by atoms with E-state index in [-0.39, 0.29) is 18.2 Å². The Morgan fingerprint density at radius 3 is 2.81 bits per heavy atom. The first-order chi connectivity index (χ1) is 12.4. The van der Waals surface area contributed by atoms with E-state index in [1.54, 1.807) is 6.07 Å². The van der Waals surface area contributed by atoms with E-state index in [4.69, 9.17) is 4.42 Å². The van der Waals surface area contributed by atoms with E-state index >= 15 is 0 Å². The molecular weight excluding hydrogens is 422 g/mol. The fraction of sp³-hybridized carbons (Fsp3) is 0.353. The second kappa shape index (κ2) is 8.05. The molecule has 26 heavy (non-hydrogen) atoms. The molecular formula is C17H18BrN3O4S. The van der Waals surface area contributed by atoms with Gasteiger partial charge >= 0.3 is 0 Å². The van der Waals surface area contributed by atoms with Crippen molar-refractivity contribution in [3.8, 4) is 0 Å². The maximum Gasteiger partial charge on any atom is 0.287 e. The first kappa shape index (κ1) is 18.7. The Kier molecular flexibility index (Phi) is 5.77. The summed E-state index contributed by atoms with van der Waals surface area (Å²) in [7, 11) is 0. The second-order valence-electron chi connectivity index (χ2n) is 6.20. The number of hydrazine groups is 1. The molecule has 0 saturated carbocycles. The van der Waals surface area contributed by atoms with E-state index in [1.165, 1.54) is 27.8 Å². The van der Waals surface area contributed by atoms with Crippen LogP contribution in [0.4, 0.5) is 0 Å². The Labute approximate surface area is 162 Å². The molecule has 0 fully saturated rings. The van der Waals surface area contributed by atoms with Gasteiger partial charge in [-0.3, -0.25) is 25.2 Å². The van der Waals surface area contributed by atoms with Crippen molar-refractivity contribution in [2.24, 2.45) is 5.92 Å². The second-order valence-corrected chi connectivity index (χ2v) is 8.11. The Balaban J connectivity index is 1.45. The van der Waals surface area contributed by atoms with Gasteiger partial charge in [-0.25, -0.2) is 0 Å². The summed E-state index contributed by atoms with van der Waals surface area (Å²) in [5.74, 6) is -0.686. The minimum atomic E-state index is -0.535. The smallest absolute Gasteiger partial charge is 0.287 e. The van der Waals surface area contributed by atoms with Crippen molar-refractivity contribution in [3.05, 3.63) is 43.9 Å². The van der Waals surface area contributed by atoms with Crippen molar-refractivity contribution in [2.75, 3.05) is 6.54 Å². The number of hydrogen-bond acceptors (Lipinski definition) is 5. The number of hydrogen-bond donors (Lipinski definition) is 3. The van der Waals surface area contributed by atoms with Crippen molar-refractivity contribution in [1.82, 2.24) is 16.2 Å². The first-order valence-electron chi connectivity index (χ1n) is 8.16. The van der Waals surface area contributed by atoms with Crippen LogP contribution < -0.4 is 16.2 Å². The van der Waals surface area contributed by atoms with Gasteiger partial charge in [0.2, 0.25) is 0 Å². The van der Waals surface area contributed by atoms with Crippen LogP contribution in [0.25, 0.3) is 0 Å². The van der Waals surface area contributed by atoms with E-state index in [0.29, 0.717) is 15.5 Å². The highest BCUT2D eigenvalue weighted by molar-refractivity contribution is 9.10. The van der Waals surface area contributed by atoms with Crippen molar-refractivity contribution in [3.63, 3.8) is 0 Å². The van der Waals surface area contributed by atoms with Gasteiger partial charge in [-0.2, -0.15) is 0 Å². The molecule has 9 heteroatoms. The maximum atomic E-state index is 12.2. The van der Waals surface area contributed by atoms with E-state index in [1.807, 2.05) is 6.07 Å². The Morgan fingerprint density at radius 2 is 2.08 bits per heavy atom. The summed E-state index contributed by atoms with van der Waals surface area (Å²) in [6, 6.07) is 4.96. The summed E-state index contributed by atoms with van der Waals surface area (Å²) in [6.07, 6.45) is 3.12. The summed E-state index contributed by atoms with van der Waals surface area (Å²) in [6.45, 7) is 1.92. The monoisotopic (exact) mass is 439 g/mol. The zero-order chi connectivity index (χ0) is 18.7. The quantitative estimate of drug-likeness (QED) is 0.636. The number of halogens is 1. The van der Waals surface area contributed by atoms with Crippen LogP contribution in [0.1, 0.15) is 44.0 Å². The van der Waals surface area contributed by atoms with E-state index in [0.717, 1.165) is 19.3 Å². The number of furan rings is 1. The van der Waals surface area contributed by atoms with Gasteiger partial charge in [-0.15, -0.1) is 11.3 Å². The number of carbonyl (C=O) groups excluding carboxylic acids is 3. The molecule has 0 spiro atoms. The van der Waals surface area contributed by atoms with Crippen LogP contribution in [0.2, 0.25) is 0 Å². The Hall–Kier alpha value is -2.13. The lowest BCUT2D eigenvalue weighted by atomic mass is 9.90. The van der Waals surface area contributed by atoms with Crippen molar-refractivity contribution >= 4 is 45.0 Å². The molecule has 1 aliphatic carbocycles. The minimum Gasteiger partial charge on any atom is -0.444 e. The lowest BCUT2D eigenvalue weighted by molar-refractivity contribution is -0.120. The van der Waals surface area contributed by atoms with Gasteiger partial charge in [0, 0.05) is 4.88 Å². The summed E-state index contributed by atoms with van der Waals surface area (Å²) < 4.78 is 5.51. The topological polar surface area (TPSA) is 100 Å². The molecule has 1 unspecified atom stereocenters. The zero-order valence-electron chi connectivity index (χ0n) is 14.1. The molecule has 138 valence electrons. The van der Waals surface area contributed by atoms with Crippen LogP contribution >= 0.6 is 27.3 Å². The van der Waals surface area contributed by atoms with Crippen molar-refractivity contribution in [2.45, 2.75) is 26.2 Å². The SMILES string of the molecule is CC1CCc2sc(C(=O)NNC(=O)CNC(=O)c3ccc(Br)o3)cc2C1. The van der Waals surface area contributed by atoms with E-state index < -0.39 is 11.8 Å². The highest BCUT2D eigenvalue weighted by atomic mass is 79.9. The average Bonchev–Trinajstić information content (AvgIpc) is 3.23. The van der Waals surface area contributed by atoms with Crippen LogP contribution in [-0.4, -0.2) is 24.3 Å². The standard InChI is InChI=1S/C17H18BrN3O4S/c1-9-2-4-12-10(6-9)7-13(26-12)17(24)21-20-15(22)8-19-16(23)11-3-5-14(18)25-11/h3,5,7,9H,2,4,6,8H2,1H3,(H,19,23)(H,20,22)(H,21,24). The summed E-state index contributed by atoms with van der Waals surface area (Å²) in [5, 5.41) is 2.41. The molecule has 0 aliphatic heterocycles. The summed E-state index contributed by atoms with van der Waals surface area (Å²) in [4.78, 5) is 37.6. The highest BCUT2D eigenvalue weighted by Gasteiger charge is 2.21. The number of carbonyl (C=O) groups is 3. The lowest BCUT2D eigenvalue weighted by Gasteiger charge is -2.16. The Morgan fingerprint density at radius 1 is 1.27 bits per heavy atom. The predicted octanol–water partition coefficient (Wildman–Crippen LogP) is 2.42. The van der Waals surface area contributed by atoms with Crippen LogP contribution in [0.15, 0.2) is 27.3 Å². The molecule has 1 aliphatic rings. The largest absolute Gasteiger partial charge is 0.444 e. The number of rotatable bonds is 4. The fourth-order valence-electron chi connectivity index (χ4n) is 2.73. The number of amides is 3. The van der Waals surface area contributed by atoms with Gasteiger partial charge in [0.15, 0.2) is 10.4 Å². The molecule has 0 bridgehead atoms. The molecule has 3 N–H and O–H groups in total. The molecule has 2 aromatic rings. The number of thiophene rings is 1. The minimum absolute atomic E-state index is 0.0899. The van der Waals surface area contributed by atoms with E-state index in [9.17, 15) is 14.4 Å². The molecule has 7 nitrogen and oxygen atoms in total. The maximum absolute atomic E-state index is 12.2. The third-order valence-electron chi connectivity index (χ3n) is 4.07. The van der Waals surface area contributed by atoms with E-state index in [2.05, 4.69) is 39.0 Å². The number of fused-ring (bicyclic) bond motifs is 1. The third-order valence-corrected chi connectivity index (χ3v) is 5.74. The predicted molar refractivity (Wildman–Crippen MR) is 99.9 cm³/mol. The summed E-state index contributed by atoms with van der Waals surface area (Å²) >= 11 is 4.56.